The van der Waals surface area contributed by atoms with Gasteiger partial charge in [0, 0.05) is 18.0 Å². The Morgan fingerprint density at radius 3 is 2.81 bits per heavy atom. The zero-order valence-electron chi connectivity index (χ0n) is 9.80. The van der Waals surface area contributed by atoms with E-state index in [0.717, 1.165) is 4.88 Å². The van der Waals surface area contributed by atoms with E-state index < -0.39 is 5.54 Å². The third kappa shape index (κ3) is 3.18. The van der Waals surface area contributed by atoms with Gasteiger partial charge >= 0.3 is 0 Å². The van der Waals surface area contributed by atoms with Crippen LogP contribution in [0.5, 0.6) is 0 Å². The van der Waals surface area contributed by atoms with E-state index in [0.29, 0.717) is 0 Å². The molecular formula is C12H17NO2S. The maximum Gasteiger partial charge on any atom is 0.246 e. The van der Waals surface area contributed by atoms with Gasteiger partial charge in [0.15, 0.2) is 0 Å². The van der Waals surface area contributed by atoms with Crippen LogP contribution in [0.4, 0.5) is 0 Å². The number of carbonyl (C=O) groups is 1. The fourth-order valence-corrected chi connectivity index (χ4v) is 1.67. The number of likely N-dealkylation sites (N-methyl/N-ethyl adjacent to an activating group) is 1. The van der Waals surface area contributed by atoms with Crippen molar-refractivity contribution in [2.45, 2.75) is 19.4 Å². The van der Waals surface area contributed by atoms with Crippen LogP contribution in [0, 0.1) is 0 Å². The molecule has 0 unspecified atom stereocenters. The lowest BCUT2D eigenvalue weighted by molar-refractivity contribution is -0.130. The minimum Gasteiger partial charge on any atom is -0.394 e. The number of aliphatic hydroxyl groups excluding tert-OH is 1. The molecule has 3 nitrogen and oxygen atoms in total. The van der Waals surface area contributed by atoms with Gasteiger partial charge in [-0.3, -0.25) is 4.79 Å². The van der Waals surface area contributed by atoms with E-state index in [1.54, 1.807) is 24.5 Å². The Hall–Kier alpha value is -1.13. The summed E-state index contributed by atoms with van der Waals surface area (Å²) in [5.41, 5.74) is -0.531. The van der Waals surface area contributed by atoms with Crippen molar-refractivity contribution < 1.29 is 9.90 Å². The molecule has 0 saturated heterocycles. The van der Waals surface area contributed by atoms with Crippen LogP contribution in [0.1, 0.15) is 18.7 Å². The van der Waals surface area contributed by atoms with E-state index >= 15 is 0 Å². The van der Waals surface area contributed by atoms with Crippen molar-refractivity contribution in [2.24, 2.45) is 0 Å². The molecule has 0 radical (unpaired) electrons. The van der Waals surface area contributed by atoms with E-state index in [4.69, 9.17) is 5.11 Å². The van der Waals surface area contributed by atoms with Crippen LogP contribution in [0.3, 0.4) is 0 Å². The van der Waals surface area contributed by atoms with Crippen molar-refractivity contribution in [2.75, 3.05) is 13.7 Å². The van der Waals surface area contributed by atoms with Gasteiger partial charge in [-0.15, -0.1) is 11.3 Å². The van der Waals surface area contributed by atoms with Gasteiger partial charge in [0.25, 0.3) is 0 Å². The number of thiophene rings is 1. The smallest absolute Gasteiger partial charge is 0.246 e. The predicted molar refractivity (Wildman–Crippen MR) is 67.3 cm³/mol. The molecule has 0 spiro atoms. The lowest BCUT2D eigenvalue weighted by atomic mass is 10.1. The molecule has 0 fully saturated rings. The van der Waals surface area contributed by atoms with Crippen molar-refractivity contribution in [3.8, 4) is 0 Å². The highest BCUT2D eigenvalue weighted by atomic mass is 32.1. The van der Waals surface area contributed by atoms with Crippen LogP contribution in [-0.4, -0.2) is 35.1 Å². The summed E-state index contributed by atoms with van der Waals surface area (Å²) in [6.07, 6.45) is 3.32. The molecule has 0 aliphatic heterocycles. The Morgan fingerprint density at radius 2 is 2.31 bits per heavy atom. The van der Waals surface area contributed by atoms with Crippen molar-refractivity contribution >= 4 is 23.3 Å². The number of carbonyl (C=O) groups excluding carboxylic acids is 1. The summed E-state index contributed by atoms with van der Waals surface area (Å²) < 4.78 is 0. The lowest BCUT2D eigenvalue weighted by Gasteiger charge is -2.33. The van der Waals surface area contributed by atoms with Gasteiger partial charge in [0.1, 0.15) is 0 Å². The molecular weight excluding hydrogens is 222 g/mol. The third-order valence-corrected chi connectivity index (χ3v) is 3.40. The Morgan fingerprint density at radius 1 is 1.62 bits per heavy atom. The lowest BCUT2D eigenvalue weighted by Crippen LogP contribution is -2.47. The second-order valence-electron chi connectivity index (χ2n) is 4.22. The Bertz CT molecular complexity index is 368. The molecule has 0 aromatic carbocycles. The zero-order chi connectivity index (χ0) is 12.2. The SMILES string of the molecule is CN(C(=O)/C=C/c1cccs1)C(C)(C)CO. The van der Waals surface area contributed by atoms with E-state index in [-0.39, 0.29) is 12.5 Å². The Labute approximate surface area is 100 Å². The number of hydrogen-bond acceptors (Lipinski definition) is 3. The Balaban J connectivity index is 2.66. The minimum atomic E-state index is -0.531. The fraction of sp³-hybridized carbons (Fsp3) is 0.417. The zero-order valence-corrected chi connectivity index (χ0v) is 10.6. The Kier molecular flexibility index (Phi) is 4.26. The monoisotopic (exact) mass is 239 g/mol. The molecule has 0 aliphatic carbocycles. The highest BCUT2D eigenvalue weighted by Gasteiger charge is 2.25. The second-order valence-corrected chi connectivity index (χ2v) is 5.20. The summed E-state index contributed by atoms with van der Waals surface area (Å²) >= 11 is 1.58. The predicted octanol–water partition coefficient (Wildman–Crippen LogP) is 1.99. The topological polar surface area (TPSA) is 40.5 Å². The minimum absolute atomic E-state index is 0.0535. The van der Waals surface area contributed by atoms with Crippen LogP contribution >= 0.6 is 11.3 Å². The summed E-state index contributed by atoms with van der Waals surface area (Å²) in [5.74, 6) is -0.104. The standard InChI is InChI=1S/C12H17NO2S/c1-12(2,9-14)13(3)11(15)7-6-10-5-4-8-16-10/h4-8,14H,9H2,1-3H3/b7-6+. The molecule has 0 saturated carbocycles. The van der Waals surface area contributed by atoms with Gasteiger partial charge in [-0.1, -0.05) is 6.07 Å². The highest BCUT2D eigenvalue weighted by molar-refractivity contribution is 7.10. The van der Waals surface area contributed by atoms with Crippen LogP contribution < -0.4 is 0 Å². The average molecular weight is 239 g/mol. The number of nitrogens with zero attached hydrogens (tertiary/aromatic N) is 1. The molecule has 1 aromatic rings. The van der Waals surface area contributed by atoms with Crippen LogP contribution in [0.25, 0.3) is 6.08 Å². The highest BCUT2D eigenvalue weighted by Crippen LogP contribution is 2.14. The van der Waals surface area contributed by atoms with Gasteiger partial charge in [-0.2, -0.15) is 0 Å². The number of rotatable bonds is 4. The largest absolute Gasteiger partial charge is 0.394 e. The van der Waals surface area contributed by atoms with Crippen molar-refractivity contribution in [3.63, 3.8) is 0 Å². The van der Waals surface area contributed by atoms with E-state index in [9.17, 15) is 4.79 Å². The number of hydrogen-bond donors (Lipinski definition) is 1. The molecule has 88 valence electrons. The molecule has 1 heterocycles. The first-order valence-electron chi connectivity index (χ1n) is 5.07. The van der Waals surface area contributed by atoms with Gasteiger partial charge in [-0.25, -0.2) is 0 Å². The third-order valence-electron chi connectivity index (χ3n) is 2.56. The van der Waals surface area contributed by atoms with E-state index in [1.807, 2.05) is 31.4 Å². The van der Waals surface area contributed by atoms with Crippen molar-refractivity contribution in [1.82, 2.24) is 4.90 Å². The normalized spacial score (nSPS) is 12.0. The fourth-order valence-electron chi connectivity index (χ4n) is 1.06. The molecule has 0 aliphatic rings. The summed E-state index contributed by atoms with van der Waals surface area (Å²) in [4.78, 5) is 14.4. The quantitative estimate of drug-likeness (QED) is 0.816. The summed E-state index contributed by atoms with van der Waals surface area (Å²) in [6.45, 7) is 3.59. The molecule has 1 rings (SSSR count). The van der Waals surface area contributed by atoms with Crippen LogP contribution in [0.2, 0.25) is 0 Å². The molecule has 1 N–H and O–H groups in total. The van der Waals surface area contributed by atoms with Crippen LogP contribution in [-0.2, 0) is 4.79 Å². The van der Waals surface area contributed by atoms with Crippen molar-refractivity contribution in [3.05, 3.63) is 28.5 Å². The van der Waals surface area contributed by atoms with Gasteiger partial charge in [0.2, 0.25) is 5.91 Å². The number of aliphatic hydroxyl groups is 1. The second kappa shape index (κ2) is 5.27. The first-order chi connectivity index (χ1) is 7.47. The van der Waals surface area contributed by atoms with E-state index in [1.165, 1.54) is 11.0 Å². The maximum atomic E-state index is 11.8. The first-order valence-corrected chi connectivity index (χ1v) is 5.95. The molecule has 1 aromatic heterocycles. The molecule has 4 heteroatoms. The summed E-state index contributed by atoms with van der Waals surface area (Å²) in [7, 11) is 1.69. The molecule has 1 amide bonds. The van der Waals surface area contributed by atoms with Crippen molar-refractivity contribution in [1.29, 1.82) is 0 Å². The average Bonchev–Trinajstić information content (AvgIpc) is 2.77. The molecule has 0 atom stereocenters. The van der Waals surface area contributed by atoms with Crippen LogP contribution in [0.15, 0.2) is 23.6 Å². The first kappa shape index (κ1) is 12.9. The maximum absolute atomic E-state index is 11.8. The van der Waals surface area contributed by atoms with E-state index in [2.05, 4.69) is 0 Å². The van der Waals surface area contributed by atoms with Gasteiger partial charge in [0.05, 0.1) is 12.1 Å². The van der Waals surface area contributed by atoms with Gasteiger partial charge in [-0.05, 0) is 31.4 Å². The number of amides is 1. The molecule has 16 heavy (non-hydrogen) atoms. The summed E-state index contributed by atoms with van der Waals surface area (Å²) in [6, 6.07) is 3.89. The van der Waals surface area contributed by atoms with Gasteiger partial charge < -0.3 is 10.0 Å². The molecule has 0 bridgehead atoms. The summed E-state index contributed by atoms with van der Waals surface area (Å²) in [5, 5.41) is 11.1.